The Kier molecular flexibility index (Phi) is 6.39. The normalized spacial score (nSPS) is 11.8. The van der Waals surface area contributed by atoms with Gasteiger partial charge in [0.05, 0.1) is 22.5 Å². The maximum atomic E-state index is 11.0. The van der Waals surface area contributed by atoms with E-state index in [4.69, 9.17) is 15.8 Å². The fourth-order valence-corrected chi connectivity index (χ4v) is 3.98. The van der Waals surface area contributed by atoms with E-state index in [9.17, 15) is 9.90 Å². The Balaban J connectivity index is 1.88. The molecule has 0 aliphatic carbocycles. The first-order chi connectivity index (χ1) is 15.4. The van der Waals surface area contributed by atoms with Gasteiger partial charge in [0, 0.05) is 28.4 Å². The molecule has 0 saturated carbocycles. The number of hydrogen-bond donors (Lipinski definition) is 4. The fraction of sp³-hybridized carbons (Fsp3) is 0.120. The lowest BCUT2D eigenvalue weighted by Gasteiger charge is -2.10. The second kappa shape index (κ2) is 9.38. The summed E-state index contributed by atoms with van der Waals surface area (Å²) in [7, 11) is 0. The molecule has 0 bridgehead atoms. The van der Waals surface area contributed by atoms with E-state index in [1.165, 1.54) is 0 Å². The summed E-state index contributed by atoms with van der Waals surface area (Å²) in [6.07, 6.45) is 0.456. The van der Waals surface area contributed by atoms with E-state index in [-0.39, 0.29) is 12.3 Å². The monoisotopic (exact) mass is 491 g/mol. The third-order valence-electron chi connectivity index (χ3n) is 5.22. The number of carboxylic acids is 1. The number of hydrogen-bond acceptors (Lipinski definition) is 4. The van der Waals surface area contributed by atoms with E-state index in [1.54, 1.807) is 0 Å². The van der Waals surface area contributed by atoms with Crippen molar-refractivity contribution in [2.75, 3.05) is 0 Å². The number of fused-ring (bicyclic) bond motifs is 1. The average molecular weight is 492 g/mol. The summed E-state index contributed by atoms with van der Waals surface area (Å²) in [5.74, 6) is -0.824. The number of halogens is 1. The van der Waals surface area contributed by atoms with Gasteiger partial charge >= 0.3 is 5.97 Å². The van der Waals surface area contributed by atoms with Gasteiger partial charge in [-0.2, -0.15) is 0 Å². The van der Waals surface area contributed by atoms with Crippen LogP contribution < -0.4 is 5.73 Å². The Bertz CT molecular complexity index is 1310. The van der Waals surface area contributed by atoms with Gasteiger partial charge in [-0.05, 0) is 47.9 Å². The van der Waals surface area contributed by atoms with Gasteiger partial charge in [0.1, 0.15) is 0 Å². The Morgan fingerprint density at radius 1 is 1.03 bits per heavy atom. The smallest absolute Gasteiger partial charge is 0.303 e. The maximum absolute atomic E-state index is 11.0. The minimum Gasteiger partial charge on any atom is -0.494 e. The van der Waals surface area contributed by atoms with Crippen LogP contribution in [0.15, 0.2) is 76.2 Å². The molecule has 0 saturated heterocycles. The molecular formula is C25H22BrN3O3. The number of aliphatic carboxylic acids is 1. The molecule has 0 fully saturated rings. The summed E-state index contributed by atoms with van der Waals surface area (Å²) in [6.45, 7) is 0.445. The zero-order valence-corrected chi connectivity index (χ0v) is 18.8. The number of aromatic nitrogens is 1. The molecule has 0 aliphatic heterocycles. The highest BCUT2D eigenvalue weighted by Gasteiger charge is 2.19. The summed E-state index contributed by atoms with van der Waals surface area (Å²) in [5.41, 5.74) is 11.1. The molecule has 0 spiro atoms. The van der Waals surface area contributed by atoms with E-state index in [0.29, 0.717) is 24.2 Å². The first kappa shape index (κ1) is 21.8. The summed E-state index contributed by atoms with van der Waals surface area (Å²) in [6, 6.07) is 21.0. The number of carbonyl (C=O) groups is 1. The molecule has 7 heteroatoms. The van der Waals surface area contributed by atoms with Gasteiger partial charge < -0.3 is 20.9 Å². The van der Waals surface area contributed by atoms with Crippen LogP contribution in [0.1, 0.15) is 28.7 Å². The highest BCUT2D eigenvalue weighted by atomic mass is 79.9. The van der Waals surface area contributed by atoms with Crippen LogP contribution in [0.2, 0.25) is 0 Å². The van der Waals surface area contributed by atoms with Crippen LogP contribution in [0.25, 0.3) is 10.9 Å². The van der Waals surface area contributed by atoms with E-state index < -0.39 is 5.97 Å². The first-order valence-corrected chi connectivity index (χ1v) is 10.9. The number of nitrogens with one attached hydrogen (secondary N) is 1. The third kappa shape index (κ3) is 4.74. The number of benzene rings is 3. The van der Waals surface area contributed by atoms with Crippen molar-refractivity contribution >= 4 is 44.2 Å². The molecule has 0 radical (unpaired) electrons. The number of aliphatic imine (C=N–C) groups is 1. The zero-order chi connectivity index (χ0) is 22.7. The first-order valence-electron chi connectivity index (χ1n) is 10.1. The van der Waals surface area contributed by atoms with E-state index in [2.05, 4.69) is 20.9 Å². The van der Waals surface area contributed by atoms with Crippen molar-refractivity contribution in [2.24, 2.45) is 10.7 Å². The van der Waals surface area contributed by atoms with Gasteiger partial charge in [-0.25, -0.2) is 4.99 Å². The molecule has 0 atom stereocenters. The van der Waals surface area contributed by atoms with Gasteiger partial charge in [0.2, 0.25) is 0 Å². The molecule has 6 nitrogen and oxygen atoms in total. The van der Waals surface area contributed by atoms with E-state index in [1.807, 2.05) is 66.7 Å². The summed E-state index contributed by atoms with van der Waals surface area (Å²) in [5, 5.41) is 20.7. The van der Waals surface area contributed by atoms with Crippen LogP contribution in [-0.2, 0) is 17.8 Å². The number of nitrogens with two attached hydrogens (primary N) is 1. The highest BCUT2D eigenvalue weighted by Crippen LogP contribution is 2.33. The number of aryl methyl sites for hydroxylation is 1. The second-order valence-electron chi connectivity index (χ2n) is 7.46. The lowest BCUT2D eigenvalue weighted by atomic mass is 9.97. The minimum absolute atomic E-state index is 0.0198. The molecule has 4 rings (SSSR count). The Hall–Kier alpha value is -3.42. The number of H-pyrrole nitrogens is 1. The van der Waals surface area contributed by atoms with E-state index >= 15 is 0 Å². The van der Waals surface area contributed by atoms with Crippen LogP contribution in [0.5, 0.6) is 5.88 Å². The maximum Gasteiger partial charge on any atom is 0.303 e. The van der Waals surface area contributed by atoms with Crippen LogP contribution in [-0.4, -0.2) is 26.9 Å². The van der Waals surface area contributed by atoms with Gasteiger partial charge in [-0.1, -0.05) is 52.3 Å². The van der Waals surface area contributed by atoms with Gasteiger partial charge in [0.15, 0.2) is 5.88 Å². The molecule has 1 aromatic heterocycles. The molecule has 0 aliphatic rings. The topological polar surface area (TPSA) is 112 Å². The van der Waals surface area contributed by atoms with Gasteiger partial charge in [-0.15, -0.1) is 0 Å². The number of nitrogens with zero attached hydrogens (tertiary/aromatic N) is 1. The SMILES string of the molecule is NCc1ccc(N=C(c2cccc(CCC(=O)O)c2)c2c(O)[nH]c3cc(Br)ccc23)cc1. The summed E-state index contributed by atoms with van der Waals surface area (Å²) >= 11 is 3.46. The molecule has 162 valence electrons. The van der Waals surface area contributed by atoms with Crippen LogP contribution in [0, 0.1) is 0 Å². The summed E-state index contributed by atoms with van der Waals surface area (Å²) in [4.78, 5) is 18.9. The molecule has 3 aromatic carbocycles. The quantitative estimate of drug-likeness (QED) is 0.263. The fourth-order valence-electron chi connectivity index (χ4n) is 3.62. The number of carboxylic acid groups (broad SMARTS) is 1. The second-order valence-corrected chi connectivity index (χ2v) is 8.38. The van der Waals surface area contributed by atoms with Crippen molar-refractivity contribution in [3.8, 4) is 5.88 Å². The predicted molar refractivity (Wildman–Crippen MR) is 130 cm³/mol. The van der Waals surface area contributed by atoms with Crippen LogP contribution in [0.4, 0.5) is 5.69 Å². The summed E-state index contributed by atoms with van der Waals surface area (Å²) < 4.78 is 0.893. The Morgan fingerprint density at radius 2 is 1.81 bits per heavy atom. The van der Waals surface area contributed by atoms with Crippen molar-refractivity contribution in [1.29, 1.82) is 0 Å². The van der Waals surface area contributed by atoms with Gasteiger partial charge in [0.25, 0.3) is 0 Å². The number of aromatic hydroxyl groups is 1. The zero-order valence-electron chi connectivity index (χ0n) is 17.2. The molecule has 0 amide bonds. The van der Waals surface area contributed by atoms with Crippen molar-refractivity contribution in [3.05, 3.63) is 93.5 Å². The van der Waals surface area contributed by atoms with Crippen LogP contribution >= 0.6 is 15.9 Å². The highest BCUT2D eigenvalue weighted by molar-refractivity contribution is 9.10. The molecule has 0 unspecified atom stereocenters. The third-order valence-corrected chi connectivity index (χ3v) is 5.71. The number of aromatic amines is 1. The minimum atomic E-state index is -0.843. The lowest BCUT2D eigenvalue weighted by Crippen LogP contribution is -2.05. The molecule has 5 N–H and O–H groups in total. The Morgan fingerprint density at radius 3 is 2.53 bits per heavy atom. The van der Waals surface area contributed by atoms with Crippen LogP contribution in [0.3, 0.4) is 0 Å². The van der Waals surface area contributed by atoms with E-state index in [0.717, 1.165) is 37.8 Å². The standard InChI is InChI=1S/C25H22BrN3O3/c26-18-7-10-20-21(13-18)29-25(32)23(20)24(28-19-8-4-16(14-27)5-9-19)17-3-1-2-15(12-17)6-11-22(30)31/h1-5,7-10,12-13,29,32H,6,11,14,27H2,(H,30,31). The molecule has 1 heterocycles. The molecule has 32 heavy (non-hydrogen) atoms. The largest absolute Gasteiger partial charge is 0.494 e. The molecule has 4 aromatic rings. The molecular weight excluding hydrogens is 470 g/mol. The number of rotatable bonds is 7. The Labute approximate surface area is 193 Å². The average Bonchev–Trinajstić information content (AvgIpc) is 3.11. The van der Waals surface area contributed by atoms with Crippen molar-refractivity contribution in [2.45, 2.75) is 19.4 Å². The van der Waals surface area contributed by atoms with Crippen molar-refractivity contribution in [1.82, 2.24) is 4.98 Å². The van der Waals surface area contributed by atoms with Gasteiger partial charge in [-0.3, -0.25) is 4.79 Å². The van der Waals surface area contributed by atoms with Crippen molar-refractivity contribution < 1.29 is 15.0 Å². The predicted octanol–water partition coefficient (Wildman–Crippen LogP) is 5.28. The lowest BCUT2D eigenvalue weighted by molar-refractivity contribution is -0.136. The van der Waals surface area contributed by atoms with Crippen molar-refractivity contribution in [3.63, 3.8) is 0 Å².